The van der Waals surface area contributed by atoms with Gasteiger partial charge in [-0.3, -0.25) is 4.79 Å². The fraction of sp³-hybridized carbons (Fsp3) is 0.286. The second-order valence-electron chi connectivity index (χ2n) is 6.46. The monoisotopic (exact) mass is 347 g/mol. The molecular weight excluding hydrogens is 326 g/mol. The molecule has 0 bridgehead atoms. The third kappa shape index (κ3) is 4.70. The minimum absolute atomic E-state index is 0.0181. The molecule has 0 unspecified atom stereocenters. The average Bonchev–Trinajstić information content (AvgIpc) is 3.46. The van der Waals surface area contributed by atoms with E-state index in [2.05, 4.69) is 11.8 Å². The van der Waals surface area contributed by atoms with E-state index in [4.69, 9.17) is 15.6 Å². The van der Waals surface area contributed by atoms with E-state index in [-0.39, 0.29) is 17.9 Å². The third-order valence-corrected chi connectivity index (χ3v) is 4.17. The van der Waals surface area contributed by atoms with Crippen LogP contribution in [0.2, 0.25) is 0 Å². The summed E-state index contributed by atoms with van der Waals surface area (Å²) in [7, 11) is 0. The summed E-state index contributed by atoms with van der Waals surface area (Å²) in [5, 5.41) is 14.4. The molecule has 0 atom stereocenters. The maximum atomic E-state index is 12.4. The van der Waals surface area contributed by atoms with E-state index in [1.807, 2.05) is 31.2 Å². The Bertz CT molecular complexity index is 942. The van der Waals surface area contributed by atoms with Crippen molar-refractivity contribution in [3.8, 4) is 17.6 Å². The predicted octanol–water partition coefficient (Wildman–Crippen LogP) is 3.01. The van der Waals surface area contributed by atoms with E-state index >= 15 is 0 Å². The Morgan fingerprint density at radius 2 is 2.04 bits per heavy atom. The standard InChI is InChI=1S/C21H21N3O2/c1-15-10-20(26-14-19(23)12-22)11-21(25)24(15)13-18-8-6-17(7-9-18)5-4-16-2-3-16/h6-12,16,22-23H,2-3,13-14H2,1H3. The zero-order chi connectivity index (χ0) is 18.5. The Morgan fingerprint density at radius 1 is 1.31 bits per heavy atom. The molecule has 1 saturated carbocycles. The number of nitrogens with one attached hydrogen (secondary N) is 2. The summed E-state index contributed by atoms with van der Waals surface area (Å²) in [4.78, 5) is 12.4. The molecule has 1 aliphatic carbocycles. The highest BCUT2D eigenvalue weighted by molar-refractivity contribution is 6.28. The highest BCUT2D eigenvalue weighted by atomic mass is 16.5. The zero-order valence-electron chi connectivity index (χ0n) is 14.7. The number of nitrogens with zero attached hydrogens (tertiary/aromatic N) is 1. The van der Waals surface area contributed by atoms with Crippen LogP contribution >= 0.6 is 0 Å². The quantitative estimate of drug-likeness (QED) is 0.622. The van der Waals surface area contributed by atoms with E-state index in [0.717, 1.165) is 23.0 Å². The van der Waals surface area contributed by atoms with Crippen LogP contribution < -0.4 is 10.3 Å². The predicted molar refractivity (Wildman–Crippen MR) is 103 cm³/mol. The van der Waals surface area contributed by atoms with Crippen LogP contribution in [-0.4, -0.2) is 23.1 Å². The van der Waals surface area contributed by atoms with E-state index < -0.39 is 0 Å². The molecule has 0 amide bonds. The van der Waals surface area contributed by atoms with Crippen molar-refractivity contribution in [2.45, 2.75) is 26.3 Å². The van der Waals surface area contributed by atoms with Gasteiger partial charge < -0.3 is 20.1 Å². The van der Waals surface area contributed by atoms with Crippen molar-refractivity contribution in [2.75, 3.05) is 6.61 Å². The molecule has 0 spiro atoms. The first-order valence-electron chi connectivity index (χ1n) is 8.58. The Balaban J connectivity index is 1.71. The molecule has 5 nitrogen and oxygen atoms in total. The zero-order valence-corrected chi connectivity index (χ0v) is 14.7. The molecule has 1 aromatic carbocycles. The topological polar surface area (TPSA) is 78.9 Å². The van der Waals surface area contributed by atoms with Gasteiger partial charge in [0.1, 0.15) is 12.4 Å². The van der Waals surface area contributed by atoms with Crippen LogP contribution in [0.3, 0.4) is 0 Å². The lowest BCUT2D eigenvalue weighted by molar-refractivity contribution is 0.375. The largest absolute Gasteiger partial charge is 0.487 e. The van der Waals surface area contributed by atoms with Crippen LogP contribution in [0.1, 0.15) is 29.7 Å². The minimum atomic E-state index is -0.154. The highest BCUT2D eigenvalue weighted by Crippen LogP contribution is 2.27. The van der Waals surface area contributed by atoms with Crippen molar-refractivity contribution in [3.63, 3.8) is 0 Å². The highest BCUT2D eigenvalue weighted by Gasteiger charge is 2.17. The Hall–Kier alpha value is -3.13. The molecule has 2 N–H and O–H groups in total. The first-order chi connectivity index (χ1) is 12.5. The van der Waals surface area contributed by atoms with E-state index in [1.54, 1.807) is 10.6 Å². The number of benzene rings is 1. The molecule has 132 valence electrons. The number of pyridine rings is 1. The van der Waals surface area contributed by atoms with Gasteiger partial charge in [0.05, 0.1) is 12.3 Å². The molecule has 5 heteroatoms. The van der Waals surface area contributed by atoms with Crippen molar-refractivity contribution in [1.29, 1.82) is 10.8 Å². The summed E-state index contributed by atoms with van der Waals surface area (Å²) in [6.07, 6.45) is 3.36. The summed E-state index contributed by atoms with van der Waals surface area (Å²) < 4.78 is 7.07. The molecular formula is C21H21N3O2. The summed E-state index contributed by atoms with van der Waals surface area (Å²) >= 11 is 0. The Kier molecular flexibility index (Phi) is 5.33. The fourth-order valence-electron chi connectivity index (χ4n) is 2.48. The maximum Gasteiger partial charge on any atom is 0.254 e. The summed E-state index contributed by atoms with van der Waals surface area (Å²) in [6.45, 7) is 2.32. The first-order valence-corrected chi connectivity index (χ1v) is 8.58. The van der Waals surface area contributed by atoms with Crippen molar-refractivity contribution in [1.82, 2.24) is 4.57 Å². The first kappa shape index (κ1) is 17.7. The van der Waals surface area contributed by atoms with E-state index in [9.17, 15) is 4.79 Å². The van der Waals surface area contributed by atoms with Gasteiger partial charge in [-0.2, -0.15) is 0 Å². The third-order valence-electron chi connectivity index (χ3n) is 4.17. The Morgan fingerprint density at radius 3 is 2.65 bits per heavy atom. The lowest BCUT2D eigenvalue weighted by Gasteiger charge is -2.12. The number of aromatic nitrogens is 1. The minimum Gasteiger partial charge on any atom is -0.487 e. The summed E-state index contributed by atoms with van der Waals surface area (Å²) in [5.74, 6) is 7.43. The average molecular weight is 347 g/mol. The van der Waals surface area contributed by atoms with Gasteiger partial charge in [0.15, 0.2) is 0 Å². The van der Waals surface area contributed by atoms with Gasteiger partial charge in [-0.25, -0.2) is 0 Å². The van der Waals surface area contributed by atoms with E-state index in [0.29, 0.717) is 18.2 Å². The van der Waals surface area contributed by atoms with Gasteiger partial charge >= 0.3 is 0 Å². The van der Waals surface area contributed by atoms with Gasteiger partial charge in [-0.15, -0.1) is 0 Å². The van der Waals surface area contributed by atoms with Crippen LogP contribution in [0, 0.1) is 35.5 Å². The van der Waals surface area contributed by atoms with Gasteiger partial charge in [0.25, 0.3) is 5.56 Å². The Labute approximate surface area is 152 Å². The molecule has 3 rings (SSSR count). The molecule has 1 fully saturated rings. The van der Waals surface area contributed by atoms with E-state index in [1.165, 1.54) is 18.9 Å². The second-order valence-corrected chi connectivity index (χ2v) is 6.46. The van der Waals surface area contributed by atoms with Crippen LogP contribution in [-0.2, 0) is 6.54 Å². The molecule has 0 radical (unpaired) electrons. The second kappa shape index (κ2) is 7.83. The number of aryl methyl sites for hydroxylation is 1. The molecule has 2 aromatic rings. The van der Waals surface area contributed by atoms with Crippen molar-refractivity contribution in [3.05, 3.63) is 63.6 Å². The lowest BCUT2D eigenvalue weighted by atomic mass is 10.1. The molecule has 0 saturated heterocycles. The van der Waals surface area contributed by atoms with Gasteiger partial charge in [-0.1, -0.05) is 24.0 Å². The van der Waals surface area contributed by atoms with Crippen LogP contribution in [0.25, 0.3) is 0 Å². The van der Waals surface area contributed by atoms with Gasteiger partial charge in [-0.05, 0) is 43.5 Å². The molecule has 1 heterocycles. The maximum absolute atomic E-state index is 12.4. The molecule has 26 heavy (non-hydrogen) atoms. The van der Waals surface area contributed by atoms with Gasteiger partial charge in [0.2, 0.25) is 0 Å². The molecule has 0 aliphatic heterocycles. The fourth-order valence-corrected chi connectivity index (χ4v) is 2.48. The van der Waals surface area contributed by atoms with Crippen molar-refractivity contribution < 1.29 is 4.74 Å². The number of rotatable bonds is 6. The smallest absolute Gasteiger partial charge is 0.254 e. The number of hydrogen-bond acceptors (Lipinski definition) is 4. The summed E-state index contributed by atoms with van der Waals surface area (Å²) in [6, 6.07) is 11.2. The summed E-state index contributed by atoms with van der Waals surface area (Å²) in [5.41, 5.74) is 2.72. The molecule has 1 aromatic heterocycles. The lowest BCUT2D eigenvalue weighted by Crippen LogP contribution is -2.23. The molecule has 1 aliphatic rings. The van der Waals surface area contributed by atoms with Crippen LogP contribution in [0.5, 0.6) is 5.75 Å². The SMILES string of the molecule is Cc1cc(OCC(=N)C=N)cc(=O)n1Cc1ccc(C#CC2CC2)cc1. The number of hydrogen-bond donors (Lipinski definition) is 2. The normalized spacial score (nSPS) is 12.8. The van der Waals surface area contributed by atoms with Crippen LogP contribution in [0.4, 0.5) is 0 Å². The van der Waals surface area contributed by atoms with Crippen molar-refractivity contribution in [2.24, 2.45) is 5.92 Å². The van der Waals surface area contributed by atoms with Gasteiger partial charge in [0, 0.05) is 29.5 Å². The number of ether oxygens (including phenoxy) is 1. The van der Waals surface area contributed by atoms with Crippen LogP contribution in [0.15, 0.2) is 41.2 Å². The van der Waals surface area contributed by atoms with Crippen molar-refractivity contribution >= 4 is 11.9 Å².